The van der Waals surface area contributed by atoms with Gasteiger partial charge in [0.2, 0.25) is 0 Å². The number of rotatable bonds is 5. The molecule has 2 nitrogen and oxygen atoms in total. The van der Waals surface area contributed by atoms with Gasteiger partial charge in [-0.15, -0.1) is 6.58 Å². The third kappa shape index (κ3) is 3.66. The van der Waals surface area contributed by atoms with E-state index >= 15 is 0 Å². The molecule has 0 spiro atoms. The summed E-state index contributed by atoms with van der Waals surface area (Å²) in [5.74, 6) is 0.878. The van der Waals surface area contributed by atoms with Crippen LogP contribution in [0.25, 0.3) is 0 Å². The molecule has 0 bridgehead atoms. The largest absolute Gasteiger partial charge is 0.489 e. The van der Waals surface area contributed by atoms with Gasteiger partial charge in [-0.1, -0.05) is 23.8 Å². The molecule has 0 aromatic heterocycles. The lowest BCUT2D eigenvalue weighted by molar-refractivity contribution is 0.302. The summed E-state index contributed by atoms with van der Waals surface area (Å²) in [6.45, 7) is 10.7. The molecule has 0 saturated heterocycles. The maximum Gasteiger partial charge on any atom is 0.123 e. The van der Waals surface area contributed by atoms with Crippen molar-refractivity contribution in [1.82, 2.24) is 0 Å². The summed E-state index contributed by atoms with van der Waals surface area (Å²) < 4.78 is 6.03. The van der Waals surface area contributed by atoms with Crippen molar-refractivity contribution in [2.75, 3.05) is 5.73 Å². The maximum absolute atomic E-state index is 6.03. The van der Waals surface area contributed by atoms with Gasteiger partial charge in [0.1, 0.15) is 12.4 Å². The first-order valence-electron chi connectivity index (χ1n) is 7.20. The third-order valence-electron chi connectivity index (χ3n) is 3.66. The van der Waals surface area contributed by atoms with Crippen LogP contribution in [0.1, 0.15) is 27.8 Å². The molecule has 0 heterocycles. The van der Waals surface area contributed by atoms with Gasteiger partial charge in [-0.2, -0.15) is 0 Å². The first-order valence-corrected chi connectivity index (χ1v) is 7.20. The minimum Gasteiger partial charge on any atom is -0.489 e. The van der Waals surface area contributed by atoms with Crippen LogP contribution in [0.2, 0.25) is 0 Å². The minimum absolute atomic E-state index is 0.575. The van der Waals surface area contributed by atoms with Crippen LogP contribution < -0.4 is 10.5 Å². The summed E-state index contributed by atoms with van der Waals surface area (Å²) in [7, 11) is 0. The molecule has 2 aromatic carbocycles. The third-order valence-corrected chi connectivity index (χ3v) is 3.66. The second-order valence-electron chi connectivity index (χ2n) is 5.53. The van der Waals surface area contributed by atoms with E-state index in [-0.39, 0.29) is 0 Å². The Labute approximate surface area is 127 Å². The topological polar surface area (TPSA) is 35.2 Å². The summed E-state index contributed by atoms with van der Waals surface area (Å²) in [6.07, 6.45) is 2.62. The van der Waals surface area contributed by atoms with Gasteiger partial charge in [0.05, 0.1) is 0 Å². The number of ether oxygens (including phenoxy) is 1. The lowest BCUT2D eigenvalue weighted by Crippen LogP contribution is -2.03. The molecule has 0 amide bonds. The molecule has 0 aliphatic carbocycles. The molecular weight excluding hydrogens is 258 g/mol. The average molecular weight is 281 g/mol. The van der Waals surface area contributed by atoms with Crippen molar-refractivity contribution in [3.63, 3.8) is 0 Å². The molecule has 21 heavy (non-hydrogen) atoms. The van der Waals surface area contributed by atoms with Gasteiger partial charge in [-0.05, 0) is 67.6 Å². The van der Waals surface area contributed by atoms with Crippen molar-refractivity contribution in [2.45, 2.75) is 33.8 Å². The molecule has 0 unspecified atom stereocenters. The highest BCUT2D eigenvalue weighted by molar-refractivity contribution is 5.48. The Hall–Kier alpha value is -2.22. The molecule has 2 aromatic rings. The molecule has 2 rings (SSSR count). The number of hydrogen-bond donors (Lipinski definition) is 1. The monoisotopic (exact) mass is 281 g/mol. The van der Waals surface area contributed by atoms with Gasteiger partial charge < -0.3 is 10.5 Å². The van der Waals surface area contributed by atoms with Crippen LogP contribution in [-0.2, 0) is 13.0 Å². The number of allylic oxidation sites excluding steroid dienone is 1. The standard InChI is InChI=1S/C19H23NO/c1-5-6-16-11-17(20)7-8-19(16)21-12-18-14(3)9-13(2)10-15(18)4/h5,7-11H,1,6,12,20H2,2-4H3. The summed E-state index contributed by atoms with van der Waals surface area (Å²) in [5.41, 5.74) is 12.7. The van der Waals surface area contributed by atoms with E-state index in [0.29, 0.717) is 6.61 Å². The van der Waals surface area contributed by atoms with Crippen molar-refractivity contribution < 1.29 is 4.74 Å². The Bertz CT molecular complexity index is 636. The van der Waals surface area contributed by atoms with Crippen molar-refractivity contribution >= 4 is 5.69 Å². The lowest BCUT2D eigenvalue weighted by atomic mass is 10.0. The Kier molecular flexibility index (Phi) is 4.69. The number of aryl methyl sites for hydroxylation is 3. The van der Waals surface area contributed by atoms with E-state index in [1.807, 2.05) is 24.3 Å². The second kappa shape index (κ2) is 6.49. The molecule has 0 atom stereocenters. The molecule has 0 radical (unpaired) electrons. The summed E-state index contributed by atoms with van der Waals surface area (Å²) >= 11 is 0. The fraction of sp³-hybridized carbons (Fsp3) is 0.263. The molecule has 0 saturated carbocycles. The predicted molar refractivity (Wildman–Crippen MR) is 89.7 cm³/mol. The van der Waals surface area contributed by atoms with Gasteiger partial charge in [-0.3, -0.25) is 0 Å². The van der Waals surface area contributed by atoms with Gasteiger partial charge >= 0.3 is 0 Å². The summed E-state index contributed by atoms with van der Waals surface area (Å²) in [4.78, 5) is 0. The van der Waals surface area contributed by atoms with Gasteiger partial charge in [0.25, 0.3) is 0 Å². The maximum atomic E-state index is 6.03. The molecule has 2 heteroatoms. The Morgan fingerprint density at radius 1 is 1.10 bits per heavy atom. The van der Waals surface area contributed by atoms with Crippen molar-refractivity contribution in [3.05, 3.63) is 70.8 Å². The average Bonchev–Trinajstić information content (AvgIpc) is 2.40. The van der Waals surface area contributed by atoms with E-state index in [1.165, 1.54) is 22.3 Å². The van der Waals surface area contributed by atoms with E-state index in [2.05, 4.69) is 39.5 Å². The molecule has 0 aliphatic heterocycles. The van der Waals surface area contributed by atoms with Crippen LogP contribution in [-0.4, -0.2) is 0 Å². The van der Waals surface area contributed by atoms with Crippen LogP contribution in [0.15, 0.2) is 43.0 Å². The SMILES string of the molecule is C=CCc1cc(N)ccc1OCc1c(C)cc(C)cc1C. The number of nitrogens with two attached hydrogens (primary N) is 1. The van der Waals surface area contributed by atoms with E-state index < -0.39 is 0 Å². The van der Waals surface area contributed by atoms with Crippen LogP contribution >= 0.6 is 0 Å². The highest BCUT2D eigenvalue weighted by atomic mass is 16.5. The van der Waals surface area contributed by atoms with Gasteiger partial charge in [0, 0.05) is 5.69 Å². The first-order chi connectivity index (χ1) is 10.0. The molecule has 0 aliphatic rings. The lowest BCUT2D eigenvalue weighted by Gasteiger charge is -2.15. The van der Waals surface area contributed by atoms with E-state index in [4.69, 9.17) is 10.5 Å². The van der Waals surface area contributed by atoms with Crippen molar-refractivity contribution in [2.24, 2.45) is 0 Å². The molecular formula is C19H23NO. The normalized spacial score (nSPS) is 10.4. The number of nitrogen functional groups attached to an aromatic ring is 1. The first kappa shape index (κ1) is 15.2. The second-order valence-corrected chi connectivity index (χ2v) is 5.53. The smallest absolute Gasteiger partial charge is 0.123 e. The van der Waals surface area contributed by atoms with E-state index in [0.717, 1.165) is 23.4 Å². The molecule has 2 N–H and O–H groups in total. The fourth-order valence-corrected chi connectivity index (χ4v) is 2.64. The molecule has 110 valence electrons. The quantitative estimate of drug-likeness (QED) is 0.647. The zero-order valence-electron chi connectivity index (χ0n) is 13.1. The van der Waals surface area contributed by atoms with Crippen LogP contribution in [0.4, 0.5) is 5.69 Å². The Morgan fingerprint density at radius 2 is 1.76 bits per heavy atom. The number of benzene rings is 2. The van der Waals surface area contributed by atoms with Crippen LogP contribution in [0.3, 0.4) is 0 Å². The highest BCUT2D eigenvalue weighted by Crippen LogP contribution is 2.25. The van der Waals surface area contributed by atoms with Gasteiger partial charge in [0.15, 0.2) is 0 Å². The predicted octanol–water partition coefficient (Wildman–Crippen LogP) is 4.50. The fourth-order valence-electron chi connectivity index (χ4n) is 2.64. The van der Waals surface area contributed by atoms with Crippen LogP contribution in [0, 0.1) is 20.8 Å². The van der Waals surface area contributed by atoms with E-state index in [1.54, 1.807) is 0 Å². The highest BCUT2D eigenvalue weighted by Gasteiger charge is 2.07. The number of hydrogen-bond acceptors (Lipinski definition) is 2. The van der Waals surface area contributed by atoms with Crippen LogP contribution in [0.5, 0.6) is 5.75 Å². The number of anilines is 1. The van der Waals surface area contributed by atoms with Crippen molar-refractivity contribution in [3.8, 4) is 5.75 Å². The molecule has 0 fully saturated rings. The summed E-state index contributed by atoms with van der Waals surface area (Å²) in [5, 5.41) is 0. The van der Waals surface area contributed by atoms with Gasteiger partial charge in [-0.25, -0.2) is 0 Å². The Morgan fingerprint density at radius 3 is 2.38 bits per heavy atom. The van der Waals surface area contributed by atoms with E-state index in [9.17, 15) is 0 Å². The Balaban J connectivity index is 2.22. The zero-order valence-corrected chi connectivity index (χ0v) is 13.1. The zero-order chi connectivity index (χ0) is 15.4. The summed E-state index contributed by atoms with van der Waals surface area (Å²) in [6, 6.07) is 10.1. The van der Waals surface area contributed by atoms with Crippen molar-refractivity contribution in [1.29, 1.82) is 0 Å². The minimum atomic E-state index is 0.575.